The Labute approximate surface area is 123 Å². The van der Waals surface area contributed by atoms with Gasteiger partial charge in [-0.25, -0.2) is 10.0 Å². The summed E-state index contributed by atoms with van der Waals surface area (Å²) in [6, 6.07) is 7.77. The van der Waals surface area contributed by atoms with E-state index >= 15 is 0 Å². The minimum atomic E-state index is -0.0660. The highest BCUT2D eigenvalue weighted by Crippen LogP contribution is 2.37. The Morgan fingerprint density at radius 2 is 2.10 bits per heavy atom. The molecule has 108 valence electrons. The lowest BCUT2D eigenvalue weighted by molar-refractivity contribution is -0.117. The van der Waals surface area contributed by atoms with Gasteiger partial charge in [-0.05, 0) is 12.0 Å². The van der Waals surface area contributed by atoms with Crippen LogP contribution in [0, 0.1) is 5.92 Å². The summed E-state index contributed by atoms with van der Waals surface area (Å²) in [4.78, 5) is 21.1. The van der Waals surface area contributed by atoms with Crippen molar-refractivity contribution in [2.24, 2.45) is 10.9 Å². The first-order valence-electron chi connectivity index (χ1n) is 7.09. The minimum Gasteiger partial charge on any atom is -0.278 e. The van der Waals surface area contributed by atoms with Gasteiger partial charge in [-0.2, -0.15) is 0 Å². The van der Waals surface area contributed by atoms with Gasteiger partial charge in [0.05, 0.1) is 11.7 Å². The number of aliphatic imine (C=N–C) groups is 1. The SMILES string of the molecule is CC(=O)N1NC(CC(C)C)=Nc2cnc3ccccc3c21. The van der Waals surface area contributed by atoms with Crippen LogP contribution < -0.4 is 10.4 Å². The number of para-hydroxylation sites is 1. The number of amidine groups is 1. The second kappa shape index (κ2) is 5.16. The molecule has 1 N–H and O–H groups in total. The molecule has 0 bridgehead atoms. The predicted molar refractivity (Wildman–Crippen MR) is 84.6 cm³/mol. The van der Waals surface area contributed by atoms with E-state index in [1.165, 1.54) is 0 Å². The Balaban J connectivity index is 2.20. The maximum absolute atomic E-state index is 12.0. The number of carbonyl (C=O) groups excluding carboxylic acids is 1. The first-order valence-corrected chi connectivity index (χ1v) is 7.09. The summed E-state index contributed by atoms with van der Waals surface area (Å²) in [5.41, 5.74) is 5.50. The van der Waals surface area contributed by atoms with Crippen LogP contribution in [0.2, 0.25) is 0 Å². The monoisotopic (exact) mass is 282 g/mol. The number of fused-ring (bicyclic) bond motifs is 3. The van der Waals surface area contributed by atoms with Crippen LogP contribution in [0.3, 0.4) is 0 Å². The second-order valence-electron chi connectivity index (χ2n) is 5.63. The van der Waals surface area contributed by atoms with E-state index in [0.29, 0.717) is 5.92 Å². The van der Waals surface area contributed by atoms with Crippen molar-refractivity contribution >= 4 is 34.0 Å². The van der Waals surface area contributed by atoms with Gasteiger partial charge in [-0.15, -0.1) is 0 Å². The number of anilines is 1. The smallest absolute Gasteiger partial charge is 0.242 e. The highest BCUT2D eigenvalue weighted by atomic mass is 16.2. The number of hydrazine groups is 1. The van der Waals surface area contributed by atoms with Crippen LogP contribution in [0.5, 0.6) is 0 Å². The van der Waals surface area contributed by atoms with Crippen LogP contribution in [0.1, 0.15) is 27.2 Å². The van der Waals surface area contributed by atoms with Crippen molar-refractivity contribution in [3.8, 4) is 0 Å². The van der Waals surface area contributed by atoms with Gasteiger partial charge < -0.3 is 0 Å². The Kier molecular flexibility index (Phi) is 3.33. The Hall–Kier alpha value is -2.43. The molecule has 1 amide bonds. The fraction of sp³-hybridized carbons (Fsp3) is 0.312. The summed E-state index contributed by atoms with van der Waals surface area (Å²) in [5, 5.41) is 2.49. The van der Waals surface area contributed by atoms with Crippen molar-refractivity contribution in [2.75, 3.05) is 5.01 Å². The average Bonchev–Trinajstić information content (AvgIpc) is 2.45. The van der Waals surface area contributed by atoms with Crippen molar-refractivity contribution in [1.29, 1.82) is 0 Å². The number of hydrogen-bond donors (Lipinski definition) is 1. The van der Waals surface area contributed by atoms with E-state index in [1.54, 1.807) is 18.1 Å². The molecule has 0 radical (unpaired) electrons. The lowest BCUT2D eigenvalue weighted by Gasteiger charge is -2.30. The molecule has 3 rings (SSSR count). The first kappa shape index (κ1) is 13.5. The van der Waals surface area contributed by atoms with E-state index in [4.69, 9.17) is 0 Å². The lowest BCUT2D eigenvalue weighted by Crippen LogP contribution is -2.47. The number of carbonyl (C=O) groups is 1. The molecular weight excluding hydrogens is 264 g/mol. The zero-order valence-corrected chi connectivity index (χ0v) is 12.4. The largest absolute Gasteiger partial charge is 0.278 e. The summed E-state index contributed by atoms with van der Waals surface area (Å²) < 4.78 is 0. The summed E-state index contributed by atoms with van der Waals surface area (Å²) in [5.74, 6) is 1.19. The summed E-state index contributed by atoms with van der Waals surface area (Å²) in [7, 11) is 0. The van der Waals surface area contributed by atoms with Crippen LogP contribution >= 0.6 is 0 Å². The van der Waals surface area contributed by atoms with E-state index in [0.717, 1.165) is 34.5 Å². The third-order valence-corrected chi connectivity index (χ3v) is 3.36. The molecule has 1 aromatic heterocycles. The molecule has 0 unspecified atom stereocenters. The number of nitrogens with zero attached hydrogens (tertiary/aromatic N) is 3. The molecule has 0 atom stereocenters. The molecule has 2 aromatic rings. The topological polar surface area (TPSA) is 57.6 Å². The van der Waals surface area contributed by atoms with Crippen molar-refractivity contribution in [3.63, 3.8) is 0 Å². The van der Waals surface area contributed by atoms with Gasteiger partial charge in [0.2, 0.25) is 5.91 Å². The molecule has 0 spiro atoms. The Morgan fingerprint density at radius 1 is 1.33 bits per heavy atom. The molecule has 0 fully saturated rings. The fourth-order valence-electron chi connectivity index (χ4n) is 2.50. The van der Waals surface area contributed by atoms with E-state index in [2.05, 4.69) is 29.2 Å². The van der Waals surface area contributed by atoms with Gasteiger partial charge in [0, 0.05) is 18.7 Å². The van der Waals surface area contributed by atoms with Crippen LogP contribution in [-0.2, 0) is 4.79 Å². The van der Waals surface area contributed by atoms with Gasteiger partial charge in [0.25, 0.3) is 0 Å². The number of benzene rings is 1. The predicted octanol–water partition coefficient (Wildman–Crippen LogP) is 3.18. The molecule has 1 aliphatic heterocycles. The van der Waals surface area contributed by atoms with Crippen LogP contribution in [-0.4, -0.2) is 16.7 Å². The second-order valence-corrected chi connectivity index (χ2v) is 5.63. The normalized spacial score (nSPS) is 13.9. The van der Waals surface area contributed by atoms with Crippen LogP contribution in [0.25, 0.3) is 10.9 Å². The maximum Gasteiger partial charge on any atom is 0.242 e. The van der Waals surface area contributed by atoms with Crippen LogP contribution in [0.4, 0.5) is 11.4 Å². The molecule has 5 nitrogen and oxygen atoms in total. The molecule has 2 heterocycles. The summed E-state index contributed by atoms with van der Waals surface area (Å²) >= 11 is 0. The number of hydrogen-bond acceptors (Lipinski definition) is 4. The van der Waals surface area contributed by atoms with Crippen LogP contribution in [0.15, 0.2) is 35.5 Å². The quantitative estimate of drug-likeness (QED) is 0.920. The van der Waals surface area contributed by atoms with Gasteiger partial charge in [-0.1, -0.05) is 32.0 Å². The summed E-state index contributed by atoms with van der Waals surface area (Å²) in [6.45, 7) is 5.79. The number of pyridine rings is 1. The maximum atomic E-state index is 12.0. The number of amides is 1. The molecule has 0 saturated carbocycles. The lowest BCUT2D eigenvalue weighted by atomic mass is 10.1. The van der Waals surface area contributed by atoms with E-state index in [9.17, 15) is 4.79 Å². The molecule has 1 aliphatic rings. The van der Waals surface area contributed by atoms with Crippen molar-refractivity contribution in [1.82, 2.24) is 10.4 Å². The highest BCUT2D eigenvalue weighted by Gasteiger charge is 2.25. The van der Waals surface area contributed by atoms with Crippen molar-refractivity contribution in [2.45, 2.75) is 27.2 Å². The first-order chi connectivity index (χ1) is 10.1. The van der Waals surface area contributed by atoms with Gasteiger partial charge in [-0.3, -0.25) is 15.2 Å². The zero-order valence-electron chi connectivity index (χ0n) is 12.4. The Bertz CT molecular complexity index is 736. The van der Waals surface area contributed by atoms with Crippen molar-refractivity contribution < 1.29 is 4.79 Å². The van der Waals surface area contributed by atoms with Gasteiger partial charge >= 0.3 is 0 Å². The molecule has 0 saturated heterocycles. The molecule has 1 aromatic carbocycles. The third kappa shape index (κ3) is 2.46. The third-order valence-electron chi connectivity index (χ3n) is 3.36. The fourth-order valence-corrected chi connectivity index (χ4v) is 2.50. The summed E-state index contributed by atoms with van der Waals surface area (Å²) in [6.07, 6.45) is 2.52. The minimum absolute atomic E-state index is 0.0660. The average molecular weight is 282 g/mol. The standard InChI is InChI=1S/C16H18N4O/c1-10(2)8-15-18-14-9-17-13-7-5-4-6-12(13)16(14)20(19-15)11(3)21/h4-7,9-10H,8H2,1-3H3,(H,18,19). The number of aromatic nitrogens is 1. The van der Waals surface area contributed by atoms with E-state index in [1.807, 2.05) is 24.3 Å². The number of nitrogens with one attached hydrogen (secondary N) is 1. The molecule has 21 heavy (non-hydrogen) atoms. The molecular formula is C16H18N4O. The Morgan fingerprint density at radius 3 is 2.81 bits per heavy atom. The van der Waals surface area contributed by atoms with E-state index in [-0.39, 0.29) is 5.91 Å². The number of rotatable bonds is 2. The van der Waals surface area contributed by atoms with E-state index < -0.39 is 0 Å². The molecule has 5 heteroatoms. The van der Waals surface area contributed by atoms with Crippen molar-refractivity contribution in [3.05, 3.63) is 30.5 Å². The van der Waals surface area contributed by atoms with Gasteiger partial charge in [0.1, 0.15) is 17.2 Å². The zero-order chi connectivity index (χ0) is 15.0. The van der Waals surface area contributed by atoms with Gasteiger partial charge in [0.15, 0.2) is 0 Å². The highest BCUT2D eigenvalue weighted by molar-refractivity contribution is 6.10. The molecule has 0 aliphatic carbocycles.